The summed E-state index contributed by atoms with van der Waals surface area (Å²) in [5, 5.41) is 13.2. The Hall–Kier alpha value is -1.17. The molecule has 0 bridgehead atoms. The molecule has 0 saturated heterocycles. The minimum Gasteiger partial charge on any atom is -0.383 e. The van der Waals surface area contributed by atoms with Gasteiger partial charge < -0.3 is 9.90 Å². The lowest BCUT2D eigenvalue weighted by molar-refractivity contribution is -0.115. The molecule has 0 aromatic rings. The van der Waals surface area contributed by atoms with Gasteiger partial charge in [-0.05, 0) is 0 Å². The van der Waals surface area contributed by atoms with Gasteiger partial charge in [-0.1, -0.05) is 10.4 Å². The lowest BCUT2D eigenvalue weighted by Crippen LogP contribution is -2.27. The summed E-state index contributed by atoms with van der Waals surface area (Å²) < 4.78 is 0. The molecule has 0 aromatic heterocycles. The summed E-state index contributed by atoms with van der Waals surface area (Å²) in [5.41, 5.74) is 0. The van der Waals surface area contributed by atoms with Crippen molar-refractivity contribution in [3.05, 3.63) is 9.81 Å². The van der Waals surface area contributed by atoms with Crippen LogP contribution in [0.2, 0.25) is 0 Å². The summed E-state index contributed by atoms with van der Waals surface area (Å²) in [6, 6.07) is -1.24. The van der Waals surface area contributed by atoms with E-state index in [1.54, 1.807) is 0 Å². The molecule has 0 radical (unpaired) electrons. The Labute approximate surface area is 56.2 Å². The first-order valence-electron chi connectivity index (χ1n) is 2.51. The second-order valence-electron chi connectivity index (χ2n) is 1.61. The molecular weight excluding hydrogens is 140 g/mol. The van der Waals surface area contributed by atoms with E-state index in [1.807, 2.05) is 0 Å². The fourth-order valence-corrected chi connectivity index (χ4v) is 0.371. The molecule has 0 aliphatic carbocycles. The molecule has 1 N–H and O–H groups in total. The first-order valence-corrected chi connectivity index (χ1v) is 2.51. The van der Waals surface area contributed by atoms with Crippen molar-refractivity contribution >= 4 is 6.29 Å². The van der Waals surface area contributed by atoms with E-state index in [-0.39, 0.29) is 6.29 Å². The highest BCUT2D eigenvalue weighted by molar-refractivity contribution is 5.57. The number of hydrogen-bond donors (Lipinski definition) is 1. The standard InChI is InChI=1S/C4H6N2O4/c7-2-4(8)3(6-10)1-5-9/h2-4,8H,1H2. The van der Waals surface area contributed by atoms with E-state index in [0.717, 1.165) is 0 Å². The molecule has 2 unspecified atom stereocenters. The van der Waals surface area contributed by atoms with Gasteiger partial charge in [-0.15, -0.1) is 0 Å². The van der Waals surface area contributed by atoms with Crippen LogP contribution in [0, 0.1) is 9.81 Å². The van der Waals surface area contributed by atoms with Gasteiger partial charge in [0.25, 0.3) is 0 Å². The highest BCUT2D eigenvalue weighted by Gasteiger charge is 2.18. The van der Waals surface area contributed by atoms with Crippen molar-refractivity contribution in [3.63, 3.8) is 0 Å². The molecule has 0 rings (SSSR count). The summed E-state index contributed by atoms with van der Waals surface area (Å²) in [6.07, 6.45) is -1.38. The first-order chi connectivity index (χ1) is 4.76. The molecule has 10 heavy (non-hydrogen) atoms. The molecule has 6 nitrogen and oxygen atoms in total. The molecule has 0 amide bonds. The van der Waals surface area contributed by atoms with Crippen LogP contribution in [0.15, 0.2) is 10.4 Å². The zero-order valence-electron chi connectivity index (χ0n) is 5.01. The van der Waals surface area contributed by atoms with Crippen LogP contribution in [-0.2, 0) is 4.79 Å². The lowest BCUT2D eigenvalue weighted by atomic mass is 10.2. The Morgan fingerprint density at radius 1 is 1.50 bits per heavy atom. The summed E-state index contributed by atoms with van der Waals surface area (Å²) in [5.74, 6) is 0. The first kappa shape index (κ1) is 8.83. The molecule has 2 atom stereocenters. The fourth-order valence-electron chi connectivity index (χ4n) is 0.371. The van der Waals surface area contributed by atoms with E-state index in [0.29, 0.717) is 0 Å². The predicted octanol–water partition coefficient (Wildman–Crippen LogP) is -0.552. The SMILES string of the molecule is O=CC(O)C(CN=O)N=O. The molecule has 0 spiro atoms. The minimum absolute atomic E-state index is 0.136. The van der Waals surface area contributed by atoms with Crippen LogP contribution >= 0.6 is 0 Å². The van der Waals surface area contributed by atoms with Gasteiger partial charge in [0.05, 0.1) is 0 Å². The van der Waals surface area contributed by atoms with E-state index < -0.39 is 18.7 Å². The number of carbonyl (C=O) groups is 1. The molecule has 56 valence electrons. The number of nitroso groups, excluding NO2 is 2. The summed E-state index contributed by atoms with van der Waals surface area (Å²) in [6.45, 7) is -0.469. The molecule has 0 saturated carbocycles. The average Bonchev–Trinajstić information content (AvgIpc) is 1.99. The Balaban J connectivity index is 3.90. The topological polar surface area (TPSA) is 96.2 Å². The van der Waals surface area contributed by atoms with E-state index in [1.165, 1.54) is 0 Å². The molecule has 0 aromatic carbocycles. The van der Waals surface area contributed by atoms with Crippen LogP contribution in [0.5, 0.6) is 0 Å². The van der Waals surface area contributed by atoms with Gasteiger partial charge in [-0.2, -0.15) is 9.81 Å². The quantitative estimate of drug-likeness (QED) is 0.415. The van der Waals surface area contributed by atoms with Crippen molar-refractivity contribution in [2.45, 2.75) is 12.1 Å². The summed E-state index contributed by atoms with van der Waals surface area (Å²) >= 11 is 0. The predicted molar refractivity (Wildman–Crippen MR) is 32.3 cm³/mol. The van der Waals surface area contributed by atoms with Crippen molar-refractivity contribution in [1.82, 2.24) is 0 Å². The Morgan fingerprint density at radius 3 is 2.40 bits per heavy atom. The van der Waals surface area contributed by atoms with Gasteiger partial charge in [0, 0.05) is 0 Å². The van der Waals surface area contributed by atoms with Crippen molar-refractivity contribution in [2.24, 2.45) is 10.4 Å². The van der Waals surface area contributed by atoms with E-state index in [4.69, 9.17) is 5.11 Å². The van der Waals surface area contributed by atoms with Crippen molar-refractivity contribution in [3.8, 4) is 0 Å². The fraction of sp³-hybridized carbons (Fsp3) is 0.750. The molecule has 0 aliphatic heterocycles. The van der Waals surface area contributed by atoms with E-state index >= 15 is 0 Å². The normalized spacial score (nSPS) is 15.3. The van der Waals surface area contributed by atoms with Crippen LogP contribution < -0.4 is 0 Å². The number of aldehydes is 1. The van der Waals surface area contributed by atoms with Crippen molar-refractivity contribution < 1.29 is 9.90 Å². The second-order valence-corrected chi connectivity index (χ2v) is 1.61. The van der Waals surface area contributed by atoms with Gasteiger partial charge in [0.2, 0.25) is 0 Å². The molecular formula is C4H6N2O4. The van der Waals surface area contributed by atoms with Crippen LogP contribution in [0.25, 0.3) is 0 Å². The monoisotopic (exact) mass is 146 g/mol. The number of hydrogen-bond acceptors (Lipinski definition) is 6. The van der Waals surface area contributed by atoms with Crippen LogP contribution in [0.3, 0.4) is 0 Å². The van der Waals surface area contributed by atoms with Crippen LogP contribution in [-0.4, -0.2) is 30.1 Å². The highest BCUT2D eigenvalue weighted by Crippen LogP contribution is 1.96. The van der Waals surface area contributed by atoms with E-state index in [2.05, 4.69) is 10.4 Å². The zero-order chi connectivity index (χ0) is 7.98. The third-order valence-electron chi connectivity index (χ3n) is 0.931. The maximum absolute atomic E-state index is 9.79. The number of nitrogens with zero attached hydrogens (tertiary/aromatic N) is 2. The average molecular weight is 146 g/mol. The van der Waals surface area contributed by atoms with Gasteiger partial charge in [0.1, 0.15) is 18.7 Å². The van der Waals surface area contributed by atoms with Crippen molar-refractivity contribution in [1.29, 1.82) is 0 Å². The Kier molecular flexibility index (Phi) is 4.14. The molecule has 0 aliphatic rings. The second kappa shape index (κ2) is 4.68. The number of aliphatic hydroxyl groups is 1. The Bertz CT molecular complexity index is 137. The highest BCUT2D eigenvalue weighted by atomic mass is 16.3. The molecule has 0 heterocycles. The van der Waals surface area contributed by atoms with Gasteiger partial charge in [0.15, 0.2) is 6.29 Å². The minimum atomic E-state index is -1.52. The van der Waals surface area contributed by atoms with Gasteiger partial charge in [-0.25, -0.2) is 0 Å². The zero-order valence-corrected chi connectivity index (χ0v) is 5.01. The van der Waals surface area contributed by atoms with Crippen LogP contribution in [0.1, 0.15) is 0 Å². The van der Waals surface area contributed by atoms with Crippen LogP contribution in [0.4, 0.5) is 0 Å². The number of aliphatic hydroxyl groups excluding tert-OH is 1. The van der Waals surface area contributed by atoms with Gasteiger partial charge >= 0.3 is 0 Å². The number of carbonyl (C=O) groups excluding carboxylic acids is 1. The third-order valence-corrected chi connectivity index (χ3v) is 0.931. The number of rotatable bonds is 5. The summed E-state index contributed by atoms with van der Waals surface area (Å²) in [4.78, 5) is 29.0. The smallest absolute Gasteiger partial charge is 0.150 e. The maximum Gasteiger partial charge on any atom is 0.150 e. The molecule has 6 heteroatoms. The van der Waals surface area contributed by atoms with Crippen molar-refractivity contribution in [2.75, 3.05) is 6.54 Å². The third kappa shape index (κ3) is 2.40. The molecule has 0 fully saturated rings. The largest absolute Gasteiger partial charge is 0.383 e. The van der Waals surface area contributed by atoms with E-state index in [9.17, 15) is 14.6 Å². The lowest BCUT2D eigenvalue weighted by Gasteiger charge is -2.04. The summed E-state index contributed by atoms with van der Waals surface area (Å²) in [7, 11) is 0. The van der Waals surface area contributed by atoms with Gasteiger partial charge in [-0.3, -0.25) is 0 Å². The maximum atomic E-state index is 9.79. The Morgan fingerprint density at radius 2 is 2.10 bits per heavy atom.